The lowest BCUT2D eigenvalue weighted by atomic mass is 10.1. The topological polar surface area (TPSA) is 143 Å². The monoisotopic (exact) mass is 663 g/mol. The second-order valence-corrected chi connectivity index (χ2v) is 13.3. The molecule has 0 aromatic carbocycles. The highest BCUT2D eigenvalue weighted by Gasteiger charge is 2.48. The lowest BCUT2D eigenvalue weighted by molar-refractivity contribution is -0.159. The smallest absolute Gasteiger partial charge is 0.351 e. The van der Waals surface area contributed by atoms with Crippen LogP contribution in [0.25, 0.3) is 0 Å². The standard InChI is InChI=1S/C37H65N3O7/c1-3-5-7-9-11-13-15-17-19-21-23-25-32(41)45-29-30-34(43)35(36(46-30)40-28-27-31(38)39-37(40)44)47-33(42)26-24-22-20-18-16-14-12-10-8-6-4-2/h27-28,30,34-36,43H,3-26,29H2,1-2H3,(H2,38,39,44)/t30-,34-,35+,36-/m1/s1. The summed E-state index contributed by atoms with van der Waals surface area (Å²) in [6.07, 6.45) is 23.3. The number of anilines is 1. The summed E-state index contributed by atoms with van der Waals surface area (Å²) >= 11 is 0. The number of hydrogen-bond donors (Lipinski definition) is 2. The van der Waals surface area contributed by atoms with Crippen molar-refractivity contribution in [3.8, 4) is 0 Å². The van der Waals surface area contributed by atoms with E-state index in [9.17, 15) is 19.5 Å². The van der Waals surface area contributed by atoms with E-state index in [-0.39, 0.29) is 24.8 Å². The van der Waals surface area contributed by atoms with Crippen LogP contribution < -0.4 is 11.4 Å². The number of ether oxygens (including phenoxy) is 3. The number of carbonyl (C=O) groups is 2. The normalized spacial score (nSPS) is 19.2. The zero-order valence-corrected chi connectivity index (χ0v) is 29.5. The predicted molar refractivity (Wildman–Crippen MR) is 186 cm³/mol. The van der Waals surface area contributed by atoms with Crippen LogP contribution in [0.4, 0.5) is 5.82 Å². The number of aromatic nitrogens is 2. The minimum atomic E-state index is -1.29. The Morgan fingerprint density at radius 2 is 1.21 bits per heavy atom. The van der Waals surface area contributed by atoms with Crippen molar-refractivity contribution >= 4 is 17.8 Å². The molecule has 1 fully saturated rings. The molecule has 270 valence electrons. The van der Waals surface area contributed by atoms with E-state index in [2.05, 4.69) is 18.8 Å². The van der Waals surface area contributed by atoms with E-state index in [1.807, 2.05) is 0 Å². The van der Waals surface area contributed by atoms with Crippen molar-refractivity contribution < 1.29 is 28.9 Å². The quantitative estimate of drug-likeness (QED) is 0.0674. The lowest BCUT2D eigenvalue weighted by Gasteiger charge is -2.22. The lowest BCUT2D eigenvalue weighted by Crippen LogP contribution is -2.39. The summed E-state index contributed by atoms with van der Waals surface area (Å²) in [5.41, 5.74) is 4.96. The second-order valence-electron chi connectivity index (χ2n) is 13.3. The van der Waals surface area contributed by atoms with E-state index >= 15 is 0 Å². The van der Waals surface area contributed by atoms with Crippen molar-refractivity contribution in [3.63, 3.8) is 0 Å². The van der Waals surface area contributed by atoms with Gasteiger partial charge in [-0.15, -0.1) is 0 Å². The third-order valence-corrected chi connectivity index (χ3v) is 9.08. The van der Waals surface area contributed by atoms with Crippen molar-refractivity contribution in [1.82, 2.24) is 9.55 Å². The van der Waals surface area contributed by atoms with Gasteiger partial charge in [0.2, 0.25) is 0 Å². The molecule has 1 saturated heterocycles. The Kier molecular flexibility index (Phi) is 22.1. The van der Waals surface area contributed by atoms with Crippen LogP contribution in [-0.2, 0) is 23.8 Å². The Hall–Kier alpha value is -2.46. The van der Waals surface area contributed by atoms with Gasteiger partial charge in [-0.3, -0.25) is 14.2 Å². The molecule has 2 rings (SSSR count). The molecule has 0 spiro atoms. The van der Waals surface area contributed by atoms with Gasteiger partial charge in [-0.1, -0.05) is 142 Å². The summed E-state index contributed by atoms with van der Waals surface area (Å²) in [5.74, 6) is -0.789. The van der Waals surface area contributed by atoms with Gasteiger partial charge in [0.05, 0.1) is 0 Å². The van der Waals surface area contributed by atoms with Gasteiger partial charge in [0, 0.05) is 19.0 Å². The summed E-state index contributed by atoms with van der Waals surface area (Å²) in [6, 6.07) is 1.43. The summed E-state index contributed by atoms with van der Waals surface area (Å²) in [5, 5.41) is 11.1. The molecular weight excluding hydrogens is 598 g/mol. The predicted octanol–water partition coefficient (Wildman–Crippen LogP) is 7.94. The molecule has 1 aromatic rings. The number of carbonyl (C=O) groups excluding carboxylic acids is 2. The van der Waals surface area contributed by atoms with Crippen molar-refractivity contribution in [3.05, 3.63) is 22.7 Å². The summed E-state index contributed by atoms with van der Waals surface area (Å²) in [4.78, 5) is 41.5. The van der Waals surface area contributed by atoms with Crippen LogP contribution in [0.1, 0.15) is 174 Å². The third-order valence-electron chi connectivity index (χ3n) is 9.08. The molecule has 0 bridgehead atoms. The SMILES string of the molecule is CCCCCCCCCCCCCC(=O)OC[C@H]1O[C@@H](n2ccc(N)nc2=O)[C@@H](OC(=O)CCCCCCCCCCCCC)[C@@H]1O. The fourth-order valence-electron chi connectivity index (χ4n) is 6.15. The molecule has 0 radical (unpaired) electrons. The molecule has 1 aromatic heterocycles. The molecular formula is C37H65N3O7. The Labute approximate surface area is 283 Å². The van der Waals surface area contributed by atoms with Gasteiger partial charge < -0.3 is 25.1 Å². The van der Waals surface area contributed by atoms with E-state index in [4.69, 9.17) is 19.9 Å². The maximum Gasteiger partial charge on any atom is 0.351 e. The molecule has 4 atom stereocenters. The van der Waals surface area contributed by atoms with Gasteiger partial charge in [0.1, 0.15) is 24.6 Å². The Balaban J connectivity index is 1.73. The Morgan fingerprint density at radius 3 is 1.68 bits per heavy atom. The maximum atomic E-state index is 12.8. The van der Waals surface area contributed by atoms with Crippen LogP contribution >= 0.6 is 0 Å². The molecule has 0 amide bonds. The zero-order chi connectivity index (χ0) is 34.1. The van der Waals surface area contributed by atoms with Crippen LogP contribution in [0.5, 0.6) is 0 Å². The summed E-state index contributed by atoms with van der Waals surface area (Å²) < 4.78 is 18.2. The van der Waals surface area contributed by atoms with E-state index < -0.39 is 36.2 Å². The van der Waals surface area contributed by atoms with Crippen LogP contribution in [-0.4, -0.2) is 51.5 Å². The number of nitrogens with zero attached hydrogens (tertiary/aromatic N) is 2. The summed E-state index contributed by atoms with van der Waals surface area (Å²) in [7, 11) is 0. The van der Waals surface area contributed by atoms with E-state index in [1.54, 1.807) is 0 Å². The van der Waals surface area contributed by atoms with Crippen LogP contribution in [0, 0.1) is 0 Å². The number of hydrogen-bond acceptors (Lipinski definition) is 9. The van der Waals surface area contributed by atoms with Gasteiger partial charge in [0.15, 0.2) is 12.3 Å². The van der Waals surface area contributed by atoms with Gasteiger partial charge in [0.25, 0.3) is 0 Å². The molecule has 3 N–H and O–H groups in total. The molecule has 1 aliphatic rings. The molecule has 10 heteroatoms. The van der Waals surface area contributed by atoms with Crippen molar-refractivity contribution in [1.29, 1.82) is 0 Å². The van der Waals surface area contributed by atoms with E-state index in [0.29, 0.717) is 12.8 Å². The fraction of sp³-hybridized carbons (Fsp3) is 0.838. The number of aliphatic hydroxyl groups excluding tert-OH is 1. The van der Waals surface area contributed by atoms with Gasteiger partial charge in [-0.05, 0) is 18.9 Å². The van der Waals surface area contributed by atoms with Crippen molar-refractivity contribution in [2.75, 3.05) is 12.3 Å². The molecule has 10 nitrogen and oxygen atoms in total. The molecule has 1 aliphatic heterocycles. The fourth-order valence-corrected chi connectivity index (χ4v) is 6.15. The molecule has 0 saturated carbocycles. The highest BCUT2D eigenvalue weighted by molar-refractivity contribution is 5.70. The largest absolute Gasteiger partial charge is 0.463 e. The van der Waals surface area contributed by atoms with Gasteiger partial charge >= 0.3 is 17.6 Å². The first kappa shape index (κ1) is 40.7. The average molecular weight is 664 g/mol. The number of nitrogens with two attached hydrogens (primary N) is 1. The molecule has 0 unspecified atom stereocenters. The van der Waals surface area contributed by atoms with E-state index in [1.165, 1.54) is 109 Å². The first-order chi connectivity index (χ1) is 22.9. The minimum absolute atomic E-state index is 0.0442. The Morgan fingerprint density at radius 1 is 0.766 bits per heavy atom. The van der Waals surface area contributed by atoms with Crippen LogP contribution in [0.2, 0.25) is 0 Å². The van der Waals surface area contributed by atoms with Gasteiger partial charge in [-0.2, -0.15) is 4.98 Å². The number of esters is 2. The first-order valence-corrected chi connectivity index (χ1v) is 18.9. The van der Waals surface area contributed by atoms with Gasteiger partial charge in [-0.25, -0.2) is 4.79 Å². The maximum absolute atomic E-state index is 12.8. The number of aliphatic hydroxyl groups is 1. The zero-order valence-electron chi connectivity index (χ0n) is 29.5. The number of nitrogen functional groups attached to an aromatic ring is 1. The summed E-state index contributed by atoms with van der Waals surface area (Å²) in [6.45, 7) is 4.25. The van der Waals surface area contributed by atoms with Crippen LogP contribution in [0.3, 0.4) is 0 Å². The average Bonchev–Trinajstić information content (AvgIpc) is 3.35. The molecule has 47 heavy (non-hydrogen) atoms. The third kappa shape index (κ3) is 17.5. The first-order valence-electron chi connectivity index (χ1n) is 18.9. The van der Waals surface area contributed by atoms with Crippen molar-refractivity contribution in [2.45, 2.75) is 192 Å². The Bertz CT molecular complexity index is 1030. The molecule has 2 heterocycles. The highest BCUT2D eigenvalue weighted by Crippen LogP contribution is 2.32. The number of rotatable bonds is 28. The van der Waals surface area contributed by atoms with Crippen LogP contribution in [0.15, 0.2) is 17.1 Å². The molecule has 0 aliphatic carbocycles. The second kappa shape index (κ2) is 25.5. The van der Waals surface area contributed by atoms with Crippen molar-refractivity contribution in [2.24, 2.45) is 0 Å². The number of unbranched alkanes of at least 4 members (excludes halogenated alkanes) is 20. The highest BCUT2D eigenvalue weighted by atomic mass is 16.6. The van der Waals surface area contributed by atoms with E-state index in [0.717, 1.165) is 43.1 Å². The minimum Gasteiger partial charge on any atom is -0.463 e.